The van der Waals surface area contributed by atoms with E-state index < -0.39 is 8.07 Å². The van der Waals surface area contributed by atoms with E-state index in [2.05, 4.69) is 31.1 Å². The zero-order valence-electron chi connectivity index (χ0n) is 10.4. The summed E-state index contributed by atoms with van der Waals surface area (Å²) in [6.45, 7) is 6.23. The first-order valence-corrected chi connectivity index (χ1v) is 9.03. The fourth-order valence-electron chi connectivity index (χ4n) is 1.25. The molecule has 1 N–H and O–H groups in total. The molecule has 0 spiro atoms. The Bertz CT molecular complexity index is 475. The van der Waals surface area contributed by atoms with Crippen LogP contribution in [0.25, 0.3) is 5.57 Å². The van der Waals surface area contributed by atoms with Gasteiger partial charge in [-0.2, -0.15) is 0 Å². The van der Waals surface area contributed by atoms with Crippen molar-refractivity contribution in [3.05, 3.63) is 41.7 Å². The van der Waals surface area contributed by atoms with E-state index in [-0.39, 0.29) is 12.4 Å². The van der Waals surface area contributed by atoms with Gasteiger partial charge in [0.25, 0.3) is 0 Å². The lowest BCUT2D eigenvalue weighted by atomic mass is 10.1. The van der Waals surface area contributed by atoms with Crippen molar-refractivity contribution in [3.8, 4) is 11.5 Å². The molecular weight excluding hydrogens is 231 g/mol. The number of halogens is 1. The van der Waals surface area contributed by atoms with Crippen molar-refractivity contribution in [2.75, 3.05) is 6.61 Å². The van der Waals surface area contributed by atoms with Crippen molar-refractivity contribution in [1.82, 2.24) is 0 Å². The summed E-state index contributed by atoms with van der Waals surface area (Å²) in [4.78, 5) is 0. The molecule has 1 nitrogen and oxygen atoms in total. The lowest BCUT2D eigenvalue weighted by Gasteiger charge is -2.06. The van der Waals surface area contributed by atoms with Crippen LogP contribution in [-0.4, -0.2) is 19.8 Å². The largest absolute Gasteiger partial charge is 0.392 e. The molecule has 0 aromatic heterocycles. The molecule has 0 aliphatic rings. The number of hydrogen-bond donors (Lipinski definition) is 1. The van der Waals surface area contributed by atoms with Gasteiger partial charge in [0.2, 0.25) is 0 Å². The van der Waals surface area contributed by atoms with Gasteiger partial charge in [-0.15, -0.1) is 5.54 Å². The van der Waals surface area contributed by atoms with Gasteiger partial charge < -0.3 is 5.11 Å². The first-order chi connectivity index (χ1) is 7.94. The van der Waals surface area contributed by atoms with Crippen LogP contribution in [0.4, 0.5) is 4.39 Å². The van der Waals surface area contributed by atoms with Crippen molar-refractivity contribution in [2.24, 2.45) is 0 Å². The van der Waals surface area contributed by atoms with Gasteiger partial charge in [0, 0.05) is 11.1 Å². The normalized spacial score (nSPS) is 11.9. The summed E-state index contributed by atoms with van der Waals surface area (Å²) in [5.41, 5.74) is 4.19. The maximum atomic E-state index is 13.6. The fourth-order valence-corrected chi connectivity index (χ4v) is 1.76. The summed E-state index contributed by atoms with van der Waals surface area (Å²) >= 11 is 0. The van der Waals surface area contributed by atoms with E-state index in [0.717, 1.165) is 0 Å². The number of hydrogen-bond acceptors (Lipinski definition) is 1. The monoisotopic (exact) mass is 248 g/mol. The van der Waals surface area contributed by atoms with Crippen molar-refractivity contribution in [2.45, 2.75) is 19.6 Å². The van der Waals surface area contributed by atoms with Crippen molar-refractivity contribution in [1.29, 1.82) is 0 Å². The van der Waals surface area contributed by atoms with Crippen LogP contribution in [0.3, 0.4) is 0 Å². The number of aliphatic hydroxyl groups is 1. The van der Waals surface area contributed by atoms with Gasteiger partial charge >= 0.3 is 0 Å². The molecule has 0 saturated carbocycles. The van der Waals surface area contributed by atoms with Crippen LogP contribution < -0.4 is 0 Å². The Morgan fingerprint density at radius 3 is 2.53 bits per heavy atom. The predicted molar refractivity (Wildman–Crippen MR) is 72.6 cm³/mol. The minimum atomic E-state index is -1.51. The second kappa shape index (κ2) is 5.81. The summed E-state index contributed by atoms with van der Waals surface area (Å²) in [6, 6.07) is 6.48. The van der Waals surface area contributed by atoms with Crippen molar-refractivity contribution in [3.63, 3.8) is 0 Å². The van der Waals surface area contributed by atoms with E-state index >= 15 is 0 Å². The highest BCUT2D eigenvalue weighted by atomic mass is 28.3. The standard InChI is InChI=1S/C14H17FOSi/c1-17(2,3)11-9-12(8-10-16)13-6-4-5-7-14(13)15/h4-8,16H,10H2,1-3H3/b12-8-. The third-order valence-electron chi connectivity index (χ3n) is 2.03. The van der Waals surface area contributed by atoms with E-state index in [1.54, 1.807) is 24.3 Å². The smallest absolute Gasteiger partial charge is 0.131 e. The Balaban J connectivity index is 3.16. The first kappa shape index (κ1) is 13.7. The Kier molecular flexibility index (Phi) is 4.68. The van der Waals surface area contributed by atoms with E-state index in [0.29, 0.717) is 11.1 Å². The SMILES string of the molecule is C[Si](C)(C)C#C/C(=C/CO)c1ccccc1F. The van der Waals surface area contributed by atoms with Crippen LogP contribution >= 0.6 is 0 Å². The Morgan fingerprint density at radius 1 is 1.35 bits per heavy atom. The third kappa shape index (κ3) is 4.56. The average Bonchev–Trinajstić information content (AvgIpc) is 2.24. The van der Waals surface area contributed by atoms with Gasteiger partial charge in [0.15, 0.2) is 0 Å². The third-order valence-corrected chi connectivity index (χ3v) is 2.91. The van der Waals surface area contributed by atoms with E-state index in [9.17, 15) is 4.39 Å². The molecule has 1 aromatic rings. The summed E-state index contributed by atoms with van der Waals surface area (Å²) in [5, 5.41) is 8.96. The van der Waals surface area contributed by atoms with Gasteiger partial charge in [-0.05, 0) is 12.1 Å². The second-order valence-corrected chi connectivity index (χ2v) is 9.53. The highest BCUT2D eigenvalue weighted by Crippen LogP contribution is 2.17. The molecule has 1 rings (SSSR count). The highest BCUT2D eigenvalue weighted by molar-refractivity contribution is 6.84. The van der Waals surface area contributed by atoms with Crippen molar-refractivity contribution >= 4 is 13.6 Å². The summed E-state index contributed by atoms with van der Waals surface area (Å²) in [7, 11) is -1.51. The zero-order chi connectivity index (χ0) is 12.9. The van der Waals surface area contributed by atoms with Gasteiger partial charge in [0.1, 0.15) is 13.9 Å². The molecule has 0 fully saturated rings. The average molecular weight is 248 g/mol. The Morgan fingerprint density at radius 2 is 2.00 bits per heavy atom. The molecule has 0 aliphatic heterocycles. The molecule has 0 unspecified atom stereocenters. The summed E-state index contributed by atoms with van der Waals surface area (Å²) < 4.78 is 13.6. The molecule has 0 saturated heterocycles. The minimum Gasteiger partial charge on any atom is -0.392 e. The molecule has 0 radical (unpaired) electrons. The van der Waals surface area contributed by atoms with Crippen molar-refractivity contribution < 1.29 is 9.50 Å². The molecule has 1 aromatic carbocycles. The van der Waals surface area contributed by atoms with Gasteiger partial charge in [-0.3, -0.25) is 0 Å². The molecule has 17 heavy (non-hydrogen) atoms. The van der Waals surface area contributed by atoms with Crippen LogP contribution in [0.15, 0.2) is 30.3 Å². The summed E-state index contributed by atoms with van der Waals surface area (Å²) in [6.07, 6.45) is 1.55. The topological polar surface area (TPSA) is 20.2 Å². The van der Waals surface area contributed by atoms with Gasteiger partial charge in [-0.1, -0.05) is 43.8 Å². The van der Waals surface area contributed by atoms with Gasteiger partial charge in [-0.25, -0.2) is 4.39 Å². The quantitative estimate of drug-likeness (QED) is 0.630. The summed E-state index contributed by atoms with van der Waals surface area (Å²) in [5.74, 6) is 2.68. The van der Waals surface area contributed by atoms with E-state index in [1.807, 2.05) is 0 Å². The number of rotatable bonds is 2. The Labute approximate surface area is 103 Å². The maximum absolute atomic E-state index is 13.6. The van der Waals surface area contributed by atoms with Crippen LogP contribution in [0.5, 0.6) is 0 Å². The van der Waals surface area contributed by atoms with E-state index in [1.165, 1.54) is 6.07 Å². The lowest BCUT2D eigenvalue weighted by molar-refractivity contribution is 0.343. The second-order valence-electron chi connectivity index (χ2n) is 4.78. The highest BCUT2D eigenvalue weighted by Gasteiger charge is 2.09. The molecule has 0 aliphatic carbocycles. The lowest BCUT2D eigenvalue weighted by Crippen LogP contribution is -2.16. The molecule has 90 valence electrons. The minimum absolute atomic E-state index is 0.135. The predicted octanol–water partition coefficient (Wildman–Crippen LogP) is 3.08. The molecule has 0 atom stereocenters. The molecule has 0 amide bonds. The first-order valence-electron chi connectivity index (χ1n) is 5.53. The van der Waals surface area contributed by atoms with Crippen LogP contribution in [0, 0.1) is 17.3 Å². The maximum Gasteiger partial charge on any atom is 0.131 e. The molecular formula is C14H17FOSi. The number of aliphatic hydroxyl groups excluding tert-OH is 1. The van der Waals surface area contributed by atoms with Crippen LogP contribution in [-0.2, 0) is 0 Å². The molecule has 0 heterocycles. The molecule has 3 heteroatoms. The molecule has 0 bridgehead atoms. The number of allylic oxidation sites excluding steroid dienone is 1. The van der Waals surface area contributed by atoms with Crippen LogP contribution in [0.2, 0.25) is 19.6 Å². The number of benzene rings is 1. The fraction of sp³-hybridized carbons (Fsp3) is 0.286. The van der Waals surface area contributed by atoms with Crippen LogP contribution in [0.1, 0.15) is 5.56 Å². The van der Waals surface area contributed by atoms with E-state index in [4.69, 9.17) is 5.11 Å². The van der Waals surface area contributed by atoms with Gasteiger partial charge in [0.05, 0.1) is 6.61 Å². The zero-order valence-corrected chi connectivity index (χ0v) is 11.4. The Hall–Kier alpha value is -1.37.